The highest BCUT2D eigenvalue weighted by Gasteiger charge is 2.16. The van der Waals surface area contributed by atoms with Crippen LogP contribution in [-0.4, -0.2) is 25.4 Å². The first-order chi connectivity index (χ1) is 9.08. The van der Waals surface area contributed by atoms with Crippen molar-refractivity contribution >= 4 is 28.4 Å². The first kappa shape index (κ1) is 11.3. The molecule has 3 aromatic rings. The lowest BCUT2D eigenvalue weighted by molar-refractivity contribution is -0.114. The number of fused-ring (bicyclic) bond motifs is 3. The zero-order chi connectivity index (χ0) is 13.6. The number of aromatic nitrogens is 3. The third-order valence-electron chi connectivity index (χ3n) is 2.75. The molecule has 2 aromatic heterocycles. The van der Waals surface area contributed by atoms with E-state index in [1.165, 1.54) is 11.3 Å². The van der Waals surface area contributed by atoms with Crippen molar-refractivity contribution in [1.29, 1.82) is 0 Å². The first-order valence-corrected chi connectivity index (χ1v) is 5.58. The van der Waals surface area contributed by atoms with Gasteiger partial charge in [0.15, 0.2) is 5.69 Å². The van der Waals surface area contributed by atoms with Crippen molar-refractivity contribution < 1.29 is 9.90 Å². The number of para-hydroxylation sites is 2. The number of rotatable bonds is 1. The number of anilines is 1. The van der Waals surface area contributed by atoms with Crippen LogP contribution in [-0.2, 0) is 4.79 Å². The van der Waals surface area contributed by atoms with Gasteiger partial charge in [0.1, 0.15) is 0 Å². The van der Waals surface area contributed by atoms with Gasteiger partial charge < -0.3 is 10.4 Å². The number of amides is 1. The molecule has 7 heteroatoms. The Kier molecular flexibility index (Phi) is 2.28. The van der Waals surface area contributed by atoms with E-state index >= 15 is 0 Å². The SMILES string of the molecule is CC(=O)Nc1c(O)n2c(nc3ccccc32)[nH]c1=O. The maximum Gasteiger partial charge on any atom is 0.280 e. The van der Waals surface area contributed by atoms with Crippen molar-refractivity contribution in [3.63, 3.8) is 0 Å². The third-order valence-corrected chi connectivity index (χ3v) is 2.75. The molecule has 3 rings (SSSR count). The summed E-state index contributed by atoms with van der Waals surface area (Å²) in [6.07, 6.45) is 0. The van der Waals surface area contributed by atoms with Gasteiger partial charge in [-0.1, -0.05) is 12.1 Å². The largest absolute Gasteiger partial charge is 0.493 e. The summed E-state index contributed by atoms with van der Waals surface area (Å²) in [5, 5.41) is 12.5. The van der Waals surface area contributed by atoms with Crippen LogP contribution < -0.4 is 10.9 Å². The summed E-state index contributed by atoms with van der Waals surface area (Å²) in [4.78, 5) is 29.5. The topological polar surface area (TPSA) is 99.5 Å². The summed E-state index contributed by atoms with van der Waals surface area (Å²) in [5.74, 6) is -0.565. The summed E-state index contributed by atoms with van der Waals surface area (Å²) in [6.45, 7) is 1.26. The van der Waals surface area contributed by atoms with Gasteiger partial charge in [0.2, 0.25) is 17.6 Å². The number of nitrogens with zero attached hydrogens (tertiary/aromatic N) is 2. The van der Waals surface area contributed by atoms with Crippen molar-refractivity contribution in [3.05, 3.63) is 34.6 Å². The Morgan fingerprint density at radius 2 is 2.16 bits per heavy atom. The average molecular weight is 258 g/mol. The number of imidazole rings is 1. The normalized spacial score (nSPS) is 11.0. The molecule has 3 N–H and O–H groups in total. The number of aromatic amines is 1. The molecule has 19 heavy (non-hydrogen) atoms. The molecule has 0 bridgehead atoms. The molecule has 0 saturated carbocycles. The van der Waals surface area contributed by atoms with Gasteiger partial charge >= 0.3 is 0 Å². The second-order valence-electron chi connectivity index (χ2n) is 4.09. The van der Waals surface area contributed by atoms with Crippen LogP contribution in [0, 0.1) is 0 Å². The molecule has 1 amide bonds. The summed E-state index contributed by atoms with van der Waals surface area (Å²) in [5.41, 5.74) is 0.477. The van der Waals surface area contributed by atoms with E-state index in [4.69, 9.17) is 0 Å². The van der Waals surface area contributed by atoms with E-state index in [2.05, 4.69) is 15.3 Å². The van der Waals surface area contributed by atoms with Crippen LogP contribution in [0.4, 0.5) is 5.69 Å². The average Bonchev–Trinajstić information content (AvgIpc) is 2.72. The molecule has 1 aromatic carbocycles. The number of hydrogen-bond donors (Lipinski definition) is 3. The number of carbonyl (C=O) groups excluding carboxylic acids is 1. The first-order valence-electron chi connectivity index (χ1n) is 5.58. The van der Waals surface area contributed by atoms with E-state index in [9.17, 15) is 14.7 Å². The molecule has 0 aliphatic heterocycles. The van der Waals surface area contributed by atoms with Crippen LogP contribution >= 0.6 is 0 Å². The number of nitrogens with one attached hydrogen (secondary N) is 2. The second-order valence-corrected chi connectivity index (χ2v) is 4.09. The van der Waals surface area contributed by atoms with Gasteiger partial charge in [0.05, 0.1) is 11.0 Å². The highest BCUT2D eigenvalue weighted by Crippen LogP contribution is 2.24. The Morgan fingerprint density at radius 1 is 1.42 bits per heavy atom. The molecule has 0 spiro atoms. The number of H-pyrrole nitrogens is 1. The van der Waals surface area contributed by atoms with E-state index in [0.29, 0.717) is 11.0 Å². The minimum absolute atomic E-state index is 0.192. The maximum atomic E-state index is 11.8. The number of aromatic hydroxyl groups is 1. The molecular formula is C12H10N4O3. The molecular weight excluding hydrogens is 248 g/mol. The molecule has 2 heterocycles. The van der Waals surface area contributed by atoms with Crippen LogP contribution in [0.1, 0.15) is 6.92 Å². The fourth-order valence-corrected chi connectivity index (χ4v) is 1.99. The number of benzene rings is 1. The van der Waals surface area contributed by atoms with Gasteiger partial charge in [0.25, 0.3) is 5.56 Å². The molecule has 0 aliphatic carbocycles. The van der Waals surface area contributed by atoms with Gasteiger partial charge in [-0.05, 0) is 12.1 Å². The minimum Gasteiger partial charge on any atom is -0.493 e. The summed E-state index contributed by atoms with van der Waals surface area (Å²) in [6, 6.07) is 7.11. The molecule has 7 nitrogen and oxygen atoms in total. The Balaban J connectivity index is 2.45. The third kappa shape index (κ3) is 1.63. The van der Waals surface area contributed by atoms with E-state index in [0.717, 1.165) is 0 Å². The van der Waals surface area contributed by atoms with E-state index in [1.807, 2.05) is 0 Å². The highest BCUT2D eigenvalue weighted by molar-refractivity contribution is 5.90. The molecule has 96 valence electrons. The Hall–Kier alpha value is -2.83. The quantitative estimate of drug-likeness (QED) is 0.602. The zero-order valence-electron chi connectivity index (χ0n) is 9.97. The van der Waals surface area contributed by atoms with E-state index in [1.54, 1.807) is 24.3 Å². The Morgan fingerprint density at radius 3 is 2.89 bits per heavy atom. The minimum atomic E-state index is -0.601. The van der Waals surface area contributed by atoms with Crippen LogP contribution in [0.25, 0.3) is 16.8 Å². The fraction of sp³-hybridized carbons (Fsp3) is 0.0833. The fourth-order valence-electron chi connectivity index (χ4n) is 1.99. The summed E-state index contributed by atoms with van der Waals surface area (Å²) >= 11 is 0. The maximum absolute atomic E-state index is 11.8. The predicted octanol–water partition coefficient (Wildman–Crippen LogP) is 0.840. The predicted molar refractivity (Wildman–Crippen MR) is 69.3 cm³/mol. The smallest absolute Gasteiger partial charge is 0.280 e. The van der Waals surface area contributed by atoms with E-state index < -0.39 is 11.5 Å². The molecule has 0 unspecified atom stereocenters. The van der Waals surface area contributed by atoms with E-state index in [-0.39, 0.29) is 17.3 Å². The van der Waals surface area contributed by atoms with Crippen molar-refractivity contribution in [2.24, 2.45) is 0 Å². The van der Waals surface area contributed by atoms with Crippen LogP contribution in [0.5, 0.6) is 5.88 Å². The Bertz CT molecular complexity index is 862. The van der Waals surface area contributed by atoms with Gasteiger partial charge in [0, 0.05) is 6.92 Å². The summed E-state index contributed by atoms with van der Waals surface area (Å²) in [7, 11) is 0. The zero-order valence-corrected chi connectivity index (χ0v) is 9.97. The Labute approximate surface area is 106 Å². The second kappa shape index (κ2) is 3.84. The molecule has 0 atom stereocenters. The molecule has 0 radical (unpaired) electrons. The lowest BCUT2D eigenvalue weighted by Gasteiger charge is -2.06. The van der Waals surface area contributed by atoms with Gasteiger partial charge in [-0.25, -0.2) is 9.38 Å². The highest BCUT2D eigenvalue weighted by atomic mass is 16.3. The van der Waals surface area contributed by atoms with Crippen LogP contribution in [0.2, 0.25) is 0 Å². The number of hydrogen-bond acceptors (Lipinski definition) is 4. The lowest BCUT2D eigenvalue weighted by atomic mass is 10.3. The monoisotopic (exact) mass is 258 g/mol. The molecule has 0 aliphatic rings. The van der Waals surface area contributed by atoms with Gasteiger partial charge in [-0.15, -0.1) is 0 Å². The van der Waals surface area contributed by atoms with Crippen LogP contribution in [0.15, 0.2) is 29.1 Å². The van der Waals surface area contributed by atoms with Gasteiger partial charge in [-0.3, -0.25) is 14.6 Å². The number of carbonyl (C=O) groups is 1. The van der Waals surface area contributed by atoms with Crippen LogP contribution in [0.3, 0.4) is 0 Å². The van der Waals surface area contributed by atoms with Crippen molar-refractivity contribution in [2.45, 2.75) is 6.92 Å². The molecule has 0 fully saturated rings. The van der Waals surface area contributed by atoms with Crippen molar-refractivity contribution in [2.75, 3.05) is 5.32 Å². The van der Waals surface area contributed by atoms with Gasteiger partial charge in [-0.2, -0.15) is 0 Å². The molecule has 0 saturated heterocycles. The van der Waals surface area contributed by atoms with Crippen molar-refractivity contribution in [3.8, 4) is 5.88 Å². The standard InChI is InChI=1S/C12H10N4O3/c1-6(17)13-9-10(18)15-12-14-7-4-2-3-5-8(7)16(12)11(9)19/h2-5,19H,1H3,(H,13,17)(H,14,15,18). The van der Waals surface area contributed by atoms with Crippen molar-refractivity contribution in [1.82, 2.24) is 14.4 Å². The lowest BCUT2D eigenvalue weighted by Crippen LogP contribution is -2.19. The summed E-state index contributed by atoms with van der Waals surface area (Å²) < 4.78 is 1.38.